The van der Waals surface area contributed by atoms with E-state index in [4.69, 9.17) is 4.74 Å². The van der Waals surface area contributed by atoms with Crippen molar-refractivity contribution in [1.29, 1.82) is 0 Å². The summed E-state index contributed by atoms with van der Waals surface area (Å²) in [5.74, 6) is 2.26. The third-order valence-corrected chi connectivity index (χ3v) is 4.54. The van der Waals surface area contributed by atoms with Crippen molar-refractivity contribution in [1.82, 2.24) is 15.3 Å². The zero-order valence-electron chi connectivity index (χ0n) is 16.5. The lowest BCUT2D eigenvalue weighted by Crippen LogP contribution is -2.33. The first-order valence-corrected chi connectivity index (χ1v) is 9.67. The maximum absolute atomic E-state index is 12.0. The van der Waals surface area contributed by atoms with Crippen molar-refractivity contribution < 1.29 is 9.53 Å². The zero-order chi connectivity index (χ0) is 19.8. The monoisotopic (exact) mass is 384 g/mol. The summed E-state index contributed by atoms with van der Waals surface area (Å²) in [5, 5.41) is 8.78. The van der Waals surface area contributed by atoms with Gasteiger partial charge in [0.2, 0.25) is 5.95 Å². The third-order valence-electron chi connectivity index (χ3n) is 4.54. The number of aryl methyl sites for hydroxylation is 1. The molecule has 0 aliphatic carbocycles. The van der Waals surface area contributed by atoms with Crippen molar-refractivity contribution >= 4 is 23.5 Å². The zero-order valence-corrected chi connectivity index (χ0v) is 16.5. The number of hydrogen-bond acceptors (Lipinski definition) is 6. The number of amides is 2. The van der Waals surface area contributed by atoms with Crippen molar-refractivity contribution in [3.8, 4) is 5.75 Å². The first kappa shape index (κ1) is 19.7. The molecule has 0 saturated carbocycles. The molecule has 150 valence electrons. The number of anilines is 3. The molecule has 1 fully saturated rings. The number of piperidine rings is 1. The number of hydrogen-bond donors (Lipinski definition) is 3. The molecular weight excluding hydrogens is 356 g/mol. The van der Waals surface area contributed by atoms with Crippen LogP contribution in [0.2, 0.25) is 0 Å². The van der Waals surface area contributed by atoms with Crippen molar-refractivity contribution in [3.63, 3.8) is 0 Å². The van der Waals surface area contributed by atoms with E-state index in [-0.39, 0.29) is 6.03 Å². The topological polar surface area (TPSA) is 91.4 Å². The average molecular weight is 384 g/mol. The summed E-state index contributed by atoms with van der Waals surface area (Å²) in [6, 6.07) is 8.98. The van der Waals surface area contributed by atoms with E-state index in [1.54, 1.807) is 13.2 Å². The Morgan fingerprint density at radius 3 is 2.75 bits per heavy atom. The van der Waals surface area contributed by atoms with Gasteiger partial charge in [0.05, 0.1) is 7.11 Å². The van der Waals surface area contributed by atoms with Crippen LogP contribution in [0.15, 0.2) is 30.3 Å². The van der Waals surface area contributed by atoms with E-state index >= 15 is 0 Å². The average Bonchev–Trinajstić information content (AvgIpc) is 2.71. The van der Waals surface area contributed by atoms with Gasteiger partial charge in [-0.25, -0.2) is 9.78 Å². The van der Waals surface area contributed by atoms with E-state index in [0.29, 0.717) is 30.5 Å². The van der Waals surface area contributed by atoms with Gasteiger partial charge in [0.15, 0.2) is 0 Å². The molecule has 28 heavy (non-hydrogen) atoms. The molecule has 3 N–H and O–H groups in total. The number of nitrogens with one attached hydrogen (secondary N) is 3. The molecule has 1 saturated heterocycles. The minimum atomic E-state index is -0.269. The van der Waals surface area contributed by atoms with Gasteiger partial charge in [0, 0.05) is 49.7 Å². The van der Waals surface area contributed by atoms with Crippen molar-refractivity contribution in [2.75, 3.05) is 48.8 Å². The standard InChI is InChI=1S/C20H28N6O2/c1-15-13-18(26-11-4-3-5-12-26)25-19(23-15)21-9-10-22-20(27)24-16-7-6-8-17(14-16)28-2/h6-8,13-14H,3-5,9-12H2,1-2H3,(H,21,23,25)(H2,22,24,27). The maximum Gasteiger partial charge on any atom is 0.319 e. The molecule has 2 amide bonds. The number of nitrogens with zero attached hydrogens (tertiary/aromatic N) is 3. The van der Waals surface area contributed by atoms with Crippen molar-refractivity contribution in [2.24, 2.45) is 0 Å². The number of rotatable bonds is 7. The highest BCUT2D eigenvalue weighted by Crippen LogP contribution is 2.19. The van der Waals surface area contributed by atoms with Gasteiger partial charge in [0.1, 0.15) is 11.6 Å². The summed E-state index contributed by atoms with van der Waals surface area (Å²) in [4.78, 5) is 23.4. The molecule has 3 rings (SSSR count). The van der Waals surface area contributed by atoms with Gasteiger partial charge in [-0.3, -0.25) is 0 Å². The van der Waals surface area contributed by atoms with Crippen LogP contribution in [0.5, 0.6) is 5.75 Å². The highest BCUT2D eigenvalue weighted by atomic mass is 16.5. The van der Waals surface area contributed by atoms with Crippen LogP contribution in [-0.4, -0.2) is 49.3 Å². The van der Waals surface area contributed by atoms with Crippen LogP contribution in [0.4, 0.5) is 22.2 Å². The Kier molecular flexibility index (Phi) is 6.89. The number of benzene rings is 1. The van der Waals surface area contributed by atoms with E-state index in [2.05, 4.69) is 30.8 Å². The first-order chi connectivity index (χ1) is 13.6. The Bertz CT molecular complexity index is 792. The Labute approximate surface area is 165 Å². The van der Waals surface area contributed by atoms with Crippen LogP contribution in [0.25, 0.3) is 0 Å². The van der Waals surface area contributed by atoms with Gasteiger partial charge in [-0.05, 0) is 38.3 Å². The molecule has 1 aliphatic rings. The van der Waals surface area contributed by atoms with Gasteiger partial charge in [-0.2, -0.15) is 4.98 Å². The predicted octanol–water partition coefficient (Wildman–Crippen LogP) is 3.02. The van der Waals surface area contributed by atoms with E-state index in [9.17, 15) is 4.79 Å². The van der Waals surface area contributed by atoms with Gasteiger partial charge < -0.3 is 25.6 Å². The van der Waals surface area contributed by atoms with Crippen LogP contribution in [0.1, 0.15) is 25.0 Å². The Morgan fingerprint density at radius 1 is 1.14 bits per heavy atom. The third kappa shape index (κ3) is 5.73. The van der Waals surface area contributed by atoms with E-state index in [1.165, 1.54) is 19.3 Å². The van der Waals surface area contributed by atoms with E-state index in [1.807, 2.05) is 31.2 Å². The molecule has 8 heteroatoms. The largest absolute Gasteiger partial charge is 0.497 e. The SMILES string of the molecule is COc1cccc(NC(=O)NCCNc2nc(C)cc(N3CCCCC3)n2)c1. The highest BCUT2D eigenvalue weighted by Gasteiger charge is 2.13. The molecule has 0 spiro atoms. The molecule has 0 atom stereocenters. The van der Waals surface area contributed by atoms with Gasteiger partial charge in [-0.15, -0.1) is 0 Å². The van der Waals surface area contributed by atoms with Gasteiger partial charge in [0.25, 0.3) is 0 Å². The molecule has 1 aromatic heterocycles. The second-order valence-corrected chi connectivity index (χ2v) is 6.78. The number of aromatic nitrogens is 2. The normalized spacial score (nSPS) is 13.7. The fourth-order valence-corrected chi connectivity index (χ4v) is 3.14. The summed E-state index contributed by atoms with van der Waals surface area (Å²) >= 11 is 0. The molecular formula is C20H28N6O2. The first-order valence-electron chi connectivity index (χ1n) is 9.67. The molecule has 8 nitrogen and oxygen atoms in total. The molecule has 2 aromatic rings. The molecule has 1 aromatic carbocycles. The van der Waals surface area contributed by atoms with Crippen molar-refractivity contribution in [2.45, 2.75) is 26.2 Å². The minimum Gasteiger partial charge on any atom is -0.497 e. The quantitative estimate of drug-likeness (QED) is 0.636. The molecule has 1 aliphatic heterocycles. The van der Waals surface area contributed by atoms with Crippen LogP contribution >= 0.6 is 0 Å². The molecule has 0 unspecified atom stereocenters. The maximum atomic E-state index is 12.0. The summed E-state index contributed by atoms with van der Waals surface area (Å²) in [6.07, 6.45) is 3.70. The molecule has 0 bridgehead atoms. The van der Waals surface area contributed by atoms with Crippen LogP contribution in [0, 0.1) is 6.92 Å². The summed E-state index contributed by atoms with van der Waals surface area (Å²) in [6.45, 7) is 5.05. The second-order valence-electron chi connectivity index (χ2n) is 6.78. The molecule has 0 radical (unpaired) electrons. The van der Waals surface area contributed by atoms with Gasteiger partial charge >= 0.3 is 6.03 Å². The lowest BCUT2D eigenvalue weighted by atomic mass is 10.1. The number of methoxy groups -OCH3 is 1. The fourth-order valence-electron chi connectivity index (χ4n) is 3.14. The Hall–Kier alpha value is -3.03. The van der Waals surface area contributed by atoms with E-state index < -0.39 is 0 Å². The second kappa shape index (κ2) is 9.77. The lowest BCUT2D eigenvalue weighted by Gasteiger charge is -2.28. The summed E-state index contributed by atoms with van der Waals surface area (Å²) < 4.78 is 5.15. The van der Waals surface area contributed by atoms with Gasteiger partial charge in [-0.1, -0.05) is 6.07 Å². The number of carbonyl (C=O) groups is 1. The van der Waals surface area contributed by atoms with Crippen LogP contribution in [0.3, 0.4) is 0 Å². The van der Waals surface area contributed by atoms with Crippen LogP contribution < -0.4 is 25.6 Å². The number of carbonyl (C=O) groups excluding carboxylic acids is 1. The predicted molar refractivity (Wildman–Crippen MR) is 111 cm³/mol. The smallest absolute Gasteiger partial charge is 0.319 e. The lowest BCUT2D eigenvalue weighted by molar-refractivity contribution is 0.252. The Morgan fingerprint density at radius 2 is 1.96 bits per heavy atom. The number of urea groups is 1. The summed E-state index contributed by atoms with van der Waals surface area (Å²) in [7, 11) is 1.59. The van der Waals surface area contributed by atoms with Crippen molar-refractivity contribution in [3.05, 3.63) is 36.0 Å². The Balaban J connectivity index is 1.45. The summed E-state index contributed by atoms with van der Waals surface area (Å²) in [5.41, 5.74) is 1.61. The fraction of sp³-hybridized carbons (Fsp3) is 0.450. The molecule has 2 heterocycles. The van der Waals surface area contributed by atoms with E-state index in [0.717, 1.165) is 24.6 Å². The highest BCUT2D eigenvalue weighted by molar-refractivity contribution is 5.89. The van der Waals surface area contributed by atoms with Crippen LogP contribution in [-0.2, 0) is 0 Å². The minimum absolute atomic E-state index is 0.269. The number of ether oxygens (including phenoxy) is 1.